The molecule has 2 aromatic carbocycles. The van der Waals surface area contributed by atoms with E-state index in [4.69, 9.17) is 16.6 Å². The van der Waals surface area contributed by atoms with E-state index in [2.05, 4.69) is 34.5 Å². The summed E-state index contributed by atoms with van der Waals surface area (Å²) in [5.74, 6) is 0.295. The number of piperidine rings is 1. The van der Waals surface area contributed by atoms with Crippen molar-refractivity contribution in [1.82, 2.24) is 10.3 Å². The van der Waals surface area contributed by atoms with Crippen molar-refractivity contribution in [3.8, 4) is 11.3 Å². The van der Waals surface area contributed by atoms with Crippen LogP contribution in [0.4, 0.5) is 5.69 Å². The fourth-order valence-electron chi connectivity index (χ4n) is 3.89. The lowest BCUT2D eigenvalue weighted by molar-refractivity contribution is -0.125. The molecular formula is C23H24ClN3O. The molecule has 1 aliphatic heterocycles. The molecule has 3 aromatic rings. The number of carbonyl (C=O) groups is 1. The first-order chi connectivity index (χ1) is 13.7. The maximum absolute atomic E-state index is 12.2. The second kappa shape index (κ2) is 8.19. The summed E-state index contributed by atoms with van der Waals surface area (Å²) in [6.45, 7) is 4.40. The highest BCUT2D eigenvalue weighted by Gasteiger charge is 2.25. The Kier molecular flexibility index (Phi) is 5.49. The van der Waals surface area contributed by atoms with E-state index in [0.29, 0.717) is 6.54 Å². The second-order valence-corrected chi connectivity index (χ2v) is 7.64. The Morgan fingerprint density at radius 1 is 1.14 bits per heavy atom. The molecule has 0 unspecified atom stereocenters. The van der Waals surface area contributed by atoms with Crippen LogP contribution in [0.2, 0.25) is 5.02 Å². The van der Waals surface area contributed by atoms with Gasteiger partial charge in [-0.05, 0) is 44.0 Å². The molecule has 0 atom stereocenters. The molecule has 4 nitrogen and oxygen atoms in total. The van der Waals surface area contributed by atoms with Crippen molar-refractivity contribution in [2.45, 2.75) is 19.8 Å². The number of rotatable bonds is 4. The third-order valence-corrected chi connectivity index (χ3v) is 5.64. The van der Waals surface area contributed by atoms with Crippen molar-refractivity contribution in [3.05, 3.63) is 59.6 Å². The minimum Gasteiger partial charge on any atom is -0.371 e. The van der Waals surface area contributed by atoms with Crippen molar-refractivity contribution < 1.29 is 4.79 Å². The molecule has 0 radical (unpaired) electrons. The maximum atomic E-state index is 12.2. The normalized spacial score (nSPS) is 15.0. The molecule has 2 heterocycles. The number of pyridine rings is 1. The van der Waals surface area contributed by atoms with E-state index in [9.17, 15) is 4.79 Å². The van der Waals surface area contributed by atoms with Gasteiger partial charge in [0.25, 0.3) is 0 Å². The lowest BCUT2D eigenvalue weighted by atomic mass is 9.95. The molecular weight excluding hydrogens is 370 g/mol. The molecule has 1 amide bonds. The van der Waals surface area contributed by atoms with E-state index in [0.717, 1.165) is 53.1 Å². The summed E-state index contributed by atoms with van der Waals surface area (Å²) in [5.41, 5.74) is 4.16. The standard InChI is InChI=1S/C23H24ClN3O/c1-2-25-23(28)17-11-13-27(14-12-17)22-15-21(16-7-9-18(24)10-8-16)26-20-6-4-3-5-19(20)22/h3-10,15,17H,2,11-14H2,1H3,(H,25,28). The summed E-state index contributed by atoms with van der Waals surface area (Å²) < 4.78 is 0. The average Bonchev–Trinajstić information content (AvgIpc) is 2.74. The smallest absolute Gasteiger partial charge is 0.223 e. The van der Waals surface area contributed by atoms with Crippen molar-refractivity contribution in [3.63, 3.8) is 0 Å². The summed E-state index contributed by atoms with van der Waals surface area (Å²) in [7, 11) is 0. The number of anilines is 1. The molecule has 0 spiro atoms. The first kappa shape index (κ1) is 18.8. The van der Waals surface area contributed by atoms with Crippen molar-refractivity contribution in [2.24, 2.45) is 5.92 Å². The summed E-state index contributed by atoms with van der Waals surface area (Å²) >= 11 is 6.05. The predicted octanol–water partition coefficient (Wildman–Crippen LogP) is 4.91. The summed E-state index contributed by atoms with van der Waals surface area (Å²) in [4.78, 5) is 19.4. The van der Waals surface area contributed by atoms with Gasteiger partial charge in [-0.25, -0.2) is 4.98 Å². The lowest BCUT2D eigenvalue weighted by Crippen LogP contribution is -2.40. The van der Waals surface area contributed by atoms with E-state index in [1.807, 2.05) is 37.3 Å². The molecule has 0 saturated carbocycles. The number of nitrogens with zero attached hydrogens (tertiary/aromatic N) is 2. The van der Waals surface area contributed by atoms with Gasteiger partial charge in [-0.2, -0.15) is 0 Å². The van der Waals surface area contributed by atoms with Gasteiger partial charge in [-0.3, -0.25) is 4.79 Å². The highest BCUT2D eigenvalue weighted by atomic mass is 35.5. The topological polar surface area (TPSA) is 45.2 Å². The van der Waals surface area contributed by atoms with E-state index in [1.165, 1.54) is 5.69 Å². The number of aromatic nitrogens is 1. The molecule has 1 aromatic heterocycles. The van der Waals surface area contributed by atoms with E-state index >= 15 is 0 Å². The van der Waals surface area contributed by atoms with Gasteiger partial charge >= 0.3 is 0 Å². The zero-order valence-corrected chi connectivity index (χ0v) is 16.7. The van der Waals surface area contributed by atoms with E-state index < -0.39 is 0 Å². The second-order valence-electron chi connectivity index (χ2n) is 7.21. The van der Waals surface area contributed by atoms with Gasteiger partial charge in [0.05, 0.1) is 11.2 Å². The Morgan fingerprint density at radius 3 is 2.57 bits per heavy atom. The van der Waals surface area contributed by atoms with Gasteiger partial charge < -0.3 is 10.2 Å². The quantitative estimate of drug-likeness (QED) is 0.685. The Labute approximate surface area is 170 Å². The van der Waals surface area contributed by atoms with Crippen LogP contribution in [-0.4, -0.2) is 30.5 Å². The Hall–Kier alpha value is -2.59. The van der Waals surface area contributed by atoms with Crippen LogP contribution in [0.5, 0.6) is 0 Å². The summed E-state index contributed by atoms with van der Waals surface area (Å²) in [6.07, 6.45) is 1.75. The Bertz CT molecular complexity index is 979. The SMILES string of the molecule is CCNC(=O)C1CCN(c2cc(-c3ccc(Cl)cc3)nc3ccccc23)CC1. The van der Waals surface area contributed by atoms with Gasteiger partial charge in [-0.1, -0.05) is 41.9 Å². The van der Waals surface area contributed by atoms with Crippen molar-refractivity contribution >= 4 is 34.1 Å². The largest absolute Gasteiger partial charge is 0.371 e. The zero-order chi connectivity index (χ0) is 19.5. The number of nitrogens with one attached hydrogen (secondary N) is 1. The van der Waals surface area contributed by atoms with Crippen LogP contribution >= 0.6 is 11.6 Å². The van der Waals surface area contributed by atoms with Crippen LogP contribution in [0.15, 0.2) is 54.6 Å². The van der Waals surface area contributed by atoms with Crippen LogP contribution in [-0.2, 0) is 4.79 Å². The molecule has 1 aliphatic rings. The van der Waals surface area contributed by atoms with Crippen LogP contribution < -0.4 is 10.2 Å². The lowest BCUT2D eigenvalue weighted by Gasteiger charge is -2.34. The summed E-state index contributed by atoms with van der Waals surface area (Å²) in [6, 6.07) is 18.2. The maximum Gasteiger partial charge on any atom is 0.223 e. The fourth-order valence-corrected chi connectivity index (χ4v) is 4.01. The highest BCUT2D eigenvalue weighted by Crippen LogP contribution is 2.33. The number of para-hydroxylation sites is 1. The number of fused-ring (bicyclic) bond motifs is 1. The van der Waals surface area contributed by atoms with Crippen molar-refractivity contribution in [1.29, 1.82) is 0 Å². The summed E-state index contributed by atoms with van der Waals surface area (Å²) in [5, 5.41) is 4.83. The number of hydrogen-bond donors (Lipinski definition) is 1. The van der Waals surface area contributed by atoms with Crippen LogP contribution in [0, 0.1) is 5.92 Å². The molecule has 0 bridgehead atoms. The van der Waals surface area contributed by atoms with Crippen molar-refractivity contribution in [2.75, 3.05) is 24.5 Å². The van der Waals surface area contributed by atoms with Gasteiger partial charge in [-0.15, -0.1) is 0 Å². The van der Waals surface area contributed by atoms with Gasteiger partial charge in [0.15, 0.2) is 0 Å². The molecule has 1 fully saturated rings. The molecule has 5 heteroatoms. The molecule has 28 heavy (non-hydrogen) atoms. The molecule has 4 rings (SSSR count). The van der Waals surface area contributed by atoms with Gasteiger partial charge in [0.2, 0.25) is 5.91 Å². The predicted molar refractivity (Wildman–Crippen MR) is 116 cm³/mol. The minimum atomic E-state index is 0.111. The number of hydrogen-bond acceptors (Lipinski definition) is 3. The van der Waals surface area contributed by atoms with Crippen LogP contribution in [0.3, 0.4) is 0 Å². The van der Waals surface area contributed by atoms with Crippen LogP contribution in [0.25, 0.3) is 22.2 Å². The first-order valence-electron chi connectivity index (χ1n) is 9.84. The third-order valence-electron chi connectivity index (χ3n) is 5.39. The molecule has 144 valence electrons. The fraction of sp³-hybridized carbons (Fsp3) is 0.304. The minimum absolute atomic E-state index is 0.111. The highest BCUT2D eigenvalue weighted by molar-refractivity contribution is 6.30. The average molecular weight is 394 g/mol. The molecule has 1 saturated heterocycles. The molecule has 0 aliphatic carbocycles. The number of benzene rings is 2. The van der Waals surface area contributed by atoms with E-state index in [1.54, 1.807) is 0 Å². The molecule has 1 N–H and O–H groups in total. The third kappa shape index (κ3) is 3.83. The van der Waals surface area contributed by atoms with E-state index in [-0.39, 0.29) is 11.8 Å². The zero-order valence-electron chi connectivity index (χ0n) is 16.0. The number of carbonyl (C=O) groups excluding carboxylic acids is 1. The first-order valence-corrected chi connectivity index (χ1v) is 10.2. The number of halogens is 1. The van der Waals surface area contributed by atoms with Crippen LogP contribution in [0.1, 0.15) is 19.8 Å². The van der Waals surface area contributed by atoms with Gasteiger partial charge in [0, 0.05) is 47.2 Å². The Morgan fingerprint density at radius 2 is 1.86 bits per heavy atom. The Balaban J connectivity index is 1.66. The van der Waals surface area contributed by atoms with Gasteiger partial charge in [0.1, 0.15) is 0 Å². The number of amides is 1. The monoisotopic (exact) mass is 393 g/mol.